The maximum Gasteiger partial charge on any atom is 0.310 e. The summed E-state index contributed by atoms with van der Waals surface area (Å²) >= 11 is 1.80. The van der Waals surface area contributed by atoms with Gasteiger partial charge in [0.2, 0.25) is 0 Å². The maximum absolute atomic E-state index is 12.8. The van der Waals surface area contributed by atoms with E-state index in [-0.39, 0.29) is 28.6 Å². The van der Waals surface area contributed by atoms with E-state index in [4.69, 9.17) is 15.6 Å². The molecule has 1 unspecified atom stereocenters. The van der Waals surface area contributed by atoms with E-state index in [9.17, 15) is 9.59 Å². The van der Waals surface area contributed by atoms with Crippen molar-refractivity contribution in [3.8, 4) is 0 Å². The van der Waals surface area contributed by atoms with E-state index in [1.54, 1.807) is 11.8 Å². The number of esters is 1. The minimum absolute atomic E-state index is 0.100. The Labute approximate surface area is 198 Å². The van der Waals surface area contributed by atoms with Crippen molar-refractivity contribution in [3.05, 3.63) is 29.3 Å². The summed E-state index contributed by atoms with van der Waals surface area (Å²) in [6, 6.07) is 6.64. The zero-order valence-corrected chi connectivity index (χ0v) is 22.4. The lowest BCUT2D eigenvalue weighted by molar-refractivity contribution is -0.153. The van der Waals surface area contributed by atoms with Gasteiger partial charge >= 0.3 is 11.9 Å². The van der Waals surface area contributed by atoms with Gasteiger partial charge in [0.05, 0.1) is 12.3 Å². The average molecular weight is 466 g/mol. The highest BCUT2D eigenvalue weighted by atomic mass is 32.2. The predicted octanol–water partition coefficient (Wildman–Crippen LogP) is 5.95. The van der Waals surface area contributed by atoms with Gasteiger partial charge in [-0.2, -0.15) is 0 Å². The highest BCUT2D eigenvalue weighted by molar-refractivity contribution is 8.00. The van der Waals surface area contributed by atoms with Crippen LogP contribution >= 0.6 is 11.8 Å². The number of carboxylic acids is 1. The van der Waals surface area contributed by atoms with Crippen LogP contribution in [-0.4, -0.2) is 33.9 Å². The average Bonchev–Trinajstić information content (AvgIpc) is 2.56. The molecule has 0 spiro atoms. The molecule has 0 bridgehead atoms. The van der Waals surface area contributed by atoms with Gasteiger partial charge in [-0.15, -0.1) is 11.8 Å². The molecule has 0 aliphatic heterocycles. The molecule has 1 rings (SSSR count). The second-order valence-corrected chi connectivity index (χ2v) is 13.3. The second-order valence-electron chi connectivity index (χ2n) is 11.6. The number of carbonyl (C=O) groups excluding carboxylic acids is 1. The number of benzene rings is 1. The third-order valence-electron chi connectivity index (χ3n) is 6.47. The molecule has 1 aromatic rings. The Hall–Kier alpha value is -1.53. The molecular formula is C26H43NO4S. The van der Waals surface area contributed by atoms with Gasteiger partial charge < -0.3 is 15.6 Å². The Bertz CT molecular complexity index is 816. The van der Waals surface area contributed by atoms with Crippen molar-refractivity contribution in [1.82, 2.24) is 0 Å². The van der Waals surface area contributed by atoms with Crippen LogP contribution in [0.1, 0.15) is 86.3 Å². The molecule has 0 aliphatic rings. The van der Waals surface area contributed by atoms with E-state index in [0.29, 0.717) is 6.42 Å². The number of rotatable bonds is 10. The number of ether oxygens (including phenoxy) is 1. The van der Waals surface area contributed by atoms with Crippen molar-refractivity contribution in [3.63, 3.8) is 0 Å². The number of aryl methyl sites for hydroxylation is 1. The van der Waals surface area contributed by atoms with Gasteiger partial charge in [-0.1, -0.05) is 40.7 Å². The molecule has 0 heterocycles. The summed E-state index contributed by atoms with van der Waals surface area (Å²) in [4.78, 5) is 24.8. The molecule has 0 saturated heterocycles. The lowest BCUT2D eigenvalue weighted by atomic mass is 9.69. The standard InChI is InChI=1S/C26H43NO4S/c1-17-15-18(11-12-19(17)23(2,3)4)32-26(9,10)24(5,6)16-20(25(7,8)27)22(30)31-14-13-21(28)29/h11-12,15,20H,13-14,16,27H2,1-10H3,(H,28,29). The van der Waals surface area contributed by atoms with Crippen LogP contribution in [0.5, 0.6) is 0 Å². The molecule has 1 aromatic carbocycles. The summed E-state index contributed by atoms with van der Waals surface area (Å²) in [6.07, 6.45) is 0.319. The topological polar surface area (TPSA) is 89.6 Å². The number of aliphatic carboxylic acids is 1. The summed E-state index contributed by atoms with van der Waals surface area (Å²) in [5.41, 5.74) is 8.04. The first-order valence-electron chi connectivity index (χ1n) is 11.3. The maximum atomic E-state index is 12.8. The summed E-state index contributed by atoms with van der Waals surface area (Å²) < 4.78 is 5.07. The normalized spacial score (nSPS) is 14.2. The van der Waals surface area contributed by atoms with E-state index >= 15 is 0 Å². The van der Waals surface area contributed by atoms with Crippen molar-refractivity contribution in [2.75, 3.05) is 6.61 Å². The largest absolute Gasteiger partial charge is 0.481 e. The highest BCUT2D eigenvalue weighted by Gasteiger charge is 2.45. The van der Waals surface area contributed by atoms with Crippen LogP contribution in [0.4, 0.5) is 0 Å². The monoisotopic (exact) mass is 465 g/mol. The molecule has 0 fully saturated rings. The second kappa shape index (κ2) is 10.2. The smallest absolute Gasteiger partial charge is 0.310 e. The number of thioether (sulfide) groups is 1. The van der Waals surface area contributed by atoms with Crippen molar-refractivity contribution < 1.29 is 19.4 Å². The predicted molar refractivity (Wildman–Crippen MR) is 133 cm³/mol. The SMILES string of the molecule is Cc1cc(SC(C)(C)C(C)(C)CC(C(=O)OCCC(=O)O)C(C)(C)N)ccc1C(C)(C)C. The number of hydrogen-bond donors (Lipinski definition) is 2. The fourth-order valence-electron chi connectivity index (χ4n) is 3.72. The molecular weight excluding hydrogens is 422 g/mol. The quantitative estimate of drug-likeness (QED) is 0.328. The van der Waals surface area contributed by atoms with Gasteiger partial charge in [0.1, 0.15) is 6.61 Å². The molecule has 5 nitrogen and oxygen atoms in total. The first-order chi connectivity index (χ1) is 14.3. The fraction of sp³-hybridized carbons (Fsp3) is 0.692. The van der Waals surface area contributed by atoms with Crippen LogP contribution in [-0.2, 0) is 19.7 Å². The minimum atomic E-state index is -0.994. The molecule has 0 saturated carbocycles. The van der Waals surface area contributed by atoms with Gasteiger partial charge in [-0.05, 0) is 75.1 Å². The van der Waals surface area contributed by atoms with E-state index < -0.39 is 23.4 Å². The highest BCUT2D eigenvalue weighted by Crippen LogP contribution is 2.50. The molecule has 6 heteroatoms. The Morgan fingerprint density at radius 2 is 1.62 bits per heavy atom. The first-order valence-corrected chi connectivity index (χ1v) is 12.1. The van der Waals surface area contributed by atoms with Crippen molar-refractivity contribution >= 4 is 23.7 Å². The van der Waals surface area contributed by atoms with Gasteiger partial charge in [0, 0.05) is 15.2 Å². The third kappa shape index (κ3) is 7.80. The molecule has 0 aliphatic carbocycles. The summed E-state index contributed by atoms with van der Waals surface area (Å²) in [7, 11) is 0. The van der Waals surface area contributed by atoms with Crippen LogP contribution in [0.25, 0.3) is 0 Å². The van der Waals surface area contributed by atoms with Gasteiger partial charge in [-0.25, -0.2) is 0 Å². The van der Waals surface area contributed by atoms with Crippen LogP contribution < -0.4 is 5.73 Å². The first kappa shape index (κ1) is 28.5. The lowest BCUT2D eigenvalue weighted by Crippen LogP contribution is -2.50. The van der Waals surface area contributed by atoms with E-state index in [1.165, 1.54) is 16.0 Å². The Morgan fingerprint density at radius 3 is 2.06 bits per heavy atom. The van der Waals surface area contributed by atoms with Crippen molar-refractivity contribution in [2.45, 2.75) is 103 Å². The zero-order chi connectivity index (χ0) is 25.1. The summed E-state index contributed by atoms with van der Waals surface area (Å²) in [5, 5.41) is 8.82. The molecule has 0 amide bonds. The molecule has 182 valence electrons. The number of hydrogen-bond acceptors (Lipinski definition) is 5. The number of carbonyl (C=O) groups is 2. The molecule has 3 N–H and O–H groups in total. The Kier molecular flexibility index (Phi) is 9.06. The van der Waals surface area contributed by atoms with Crippen molar-refractivity contribution in [1.29, 1.82) is 0 Å². The van der Waals surface area contributed by atoms with E-state index in [0.717, 1.165) is 0 Å². The lowest BCUT2D eigenvalue weighted by Gasteiger charge is -2.45. The third-order valence-corrected chi connectivity index (χ3v) is 8.02. The van der Waals surface area contributed by atoms with Gasteiger partial charge in [-0.3, -0.25) is 9.59 Å². The molecule has 0 aromatic heterocycles. The van der Waals surface area contributed by atoms with Gasteiger partial charge in [0.25, 0.3) is 0 Å². The van der Waals surface area contributed by atoms with Crippen molar-refractivity contribution in [2.24, 2.45) is 17.1 Å². The zero-order valence-electron chi connectivity index (χ0n) is 21.6. The van der Waals surface area contributed by atoms with Crippen LogP contribution in [0.15, 0.2) is 23.1 Å². The van der Waals surface area contributed by atoms with E-state index in [2.05, 4.69) is 73.6 Å². The fourth-order valence-corrected chi connectivity index (χ4v) is 5.04. The van der Waals surface area contributed by atoms with Gasteiger partial charge in [0.15, 0.2) is 0 Å². The Balaban J connectivity index is 3.07. The molecule has 0 radical (unpaired) electrons. The van der Waals surface area contributed by atoms with Crippen LogP contribution in [0.2, 0.25) is 0 Å². The number of nitrogens with two attached hydrogens (primary N) is 1. The Morgan fingerprint density at radius 1 is 1.06 bits per heavy atom. The van der Waals surface area contributed by atoms with Crippen LogP contribution in [0.3, 0.4) is 0 Å². The van der Waals surface area contributed by atoms with Crippen LogP contribution in [0, 0.1) is 18.3 Å². The minimum Gasteiger partial charge on any atom is -0.481 e. The van der Waals surface area contributed by atoms with E-state index in [1.807, 2.05) is 13.8 Å². The summed E-state index contributed by atoms with van der Waals surface area (Å²) in [6.45, 7) is 21.0. The molecule has 32 heavy (non-hydrogen) atoms. The number of carboxylic acid groups (broad SMARTS) is 1. The summed E-state index contributed by atoms with van der Waals surface area (Å²) in [5.74, 6) is -1.97. The molecule has 1 atom stereocenters.